The Bertz CT molecular complexity index is 1270. The van der Waals surface area contributed by atoms with Crippen molar-refractivity contribution in [3.8, 4) is 11.3 Å². The van der Waals surface area contributed by atoms with Crippen molar-refractivity contribution in [2.45, 2.75) is 25.7 Å². The molecule has 32 heavy (non-hydrogen) atoms. The Hall–Kier alpha value is -3.45. The van der Waals surface area contributed by atoms with Crippen LogP contribution in [0.25, 0.3) is 11.3 Å². The third kappa shape index (κ3) is 4.29. The predicted octanol–water partition coefficient (Wildman–Crippen LogP) is 5.09. The summed E-state index contributed by atoms with van der Waals surface area (Å²) in [5.41, 5.74) is 5.96. The van der Waals surface area contributed by atoms with Gasteiger partial charge < -0.3 is 5.32 Å². The second-order valence-corrected chi connectivity index (χ2v) is 9.47. The highest BCUT2D eigenvalue weighted by Crippen LogP contribution is 2.42. The summed E-state index contributed by atoms with van der Waals surface area (Å²) >= 11 is 0. The van der Waals surface area contributed by atoms with Crippen LogP contribution in [-0.4, -0.2) is 24.9 Å². The number of hydrogen-bond acceptors (Lipinski definition) is 5. The first kappa shape index (κ1) is 21.8. The molecule has 1 aliphatic rings. The van der Waals surface area contributed by atoms with Gasteiger partial charge in [0.1, 0.15) is 0 Å². The molecule has 0 fully saturated rings. The van der Waals surface area contributed by atoms with Crippen LogP contribution in [0.15, 0.2) is 78.9 Å². The van der Waals surface area contributed by atoms with Crippen LogP contribution in [0.1, 0.15) is 36.0 Å². The number of nitrogens with one attached hydrogen (secondary N) is 2. The lowest BCUT2D eigenvalue weighted by atomic mass is 9.78. The van der Waals surface area contributed by atoms with Crippen molar-refractivity contribution in [1.82, 2.24) is 9.97 Å². The van der Waals surface area contributed by atoms with Crippen LogP contribution in [0.4, 0.5) is 11.6 Å². The molecule has 0 aliphatic heterocycles. The van der Waals surface area contributed by atoms with Gasteiger partial charge in [0.15, 0.2) is 0 Å². The Morgan fingerprint density at radius 2 is 1.94 bits per heavy atom. The molecule has 0 amide bonds. The predicted molar refractivity (Wildman–Crippen MR) is 130 cm³/mol. The quantitative estimate of drug-likeness (QED) is 0.471. The lowest BCUT2D eigenvalue weighted by molar-refractivity contribution is 0.608. The number of benzene rings is 2. The summed E-state index contributed by atoms with van der Waals surface area (Å²) in [6, 6.07) is 15.8. The molecule has 2 aromatic carbocycles. The lowest BCUT2D eigenvalue weighted by Crippen LogP contribution is -2.16. The van der Waals surface area contributed by atoms with Gasteiger partial charge in [0, 0.05) is 29.9 Å². The van der Waals surface area contributed by atoms with Crippen LogP contribution >= 0.6 is 0 Å². The van der Waals surface area contributed by atoms with E-state index in [1.165, 1.54) is 11.6 Å². The molecule has 7 heteroatoms. The van der Waals surface area contributed by atoms with Gasteiger partial charge in [0.05, 0.1) is 10.6 Å². The minimum atomic E-state index is -3.69. The molecule has 6 nitrogen and oxygen atoms in total. The van der Waals surface area contributed by atoms with Crippen LogP contribution in [0.5, 0.6) is 0 Å². The molecule has 0 saturated heterocycles. The molecular weight excluding hydrogens is 420 g/mol. The topological polar surface area (TPSA) is 84.0 Å². The van der Waals surface area contributed by atoms with Gasteiger partial charge in [-0.1, -0.05) is 56.5 Å². The Balaban J connectivity index is 1.65. The Labute approximate surface area is 189 Å². The largest absolute Gasteiger partial charge is 0.354 e. The van der Waals surface area contributed by atoms with Gasteiger partial charge in [0.2, 0.25) is 5.95 Å². The van der Waals surface area contributed by atoms with E-state index < -0.39 is 10.0 Å². The summed E-state index contributed by atoms with van der Waals surface area (Å²) in [4.78, 5) is 9.22. The van der Waals surface area contributed by atoms with E-state index in [0.717, 1.165) is 41.8 Å². The second-order valence-electron chi connectivity index (χ2n) is 7.74. The molecule has 1 unspecified atom stereocenters. The first-order valence-electron chi connectivity index (χ1n) is 10.6. The van der Waals surface area contributed by atoms with Crippen molar-refractivity contribution in [1.29, 1.82) is 0 Å². The van der Waals surface area contributed by atoms with Crippen LogP contribution < -0.4 is 10.0 Å². The maximum atomic E-state index is 12.2. The van der Waals surface area contributed by atoms with Crippen LogP contribution in [0.3, 0.4) is 0 Å². The fourth-order valence-corrected chi connectivity index (χ4v) is 4.67. The number of allylic oxidation sites excluding steroid dienone is 1. The molecule has 4 rings (SSSR count). The van der Waals surface area contributed by atoms with Gasteiger partial charge in [-0.05, 0) is 47.7 Å². The highest BCUT2D eigenvalue weighted by atomic mass is 32.2. The lowest BCUT2D eigenvalue weighted by Gasteiger charge is -2.27. The molecule has 0 radical (unpaired) electrons. The third-order valence-electron chi connectivity index (χ3n) is 5.55. The molecule has 1 atom stereocenters. The maximum Gasteiger partial charge on any atom is 0.261 e. The van der Waals surface area contributed by atoms with E-state index >= 15 is 0 Å². The normalized spacial score (nSPS) is 14.7. The van der Waals surface area contributed by atoms with Crippen molar-refractivity contribution in [2.75, 3.05) is 16.6 Å². The third-order valence-corrected chi connectivity index (χ3v) is 6.91. The second kappa shape index (κ2) is 8.96. The SMILES string of the molecule is C=CC(=C)S(=O)(=O)Nc1ccc(C2Cc3cnc(NCCC)nc3-c3ccccc32)cc1. The van der Waals surface area contributed by atoms with Crippen molar-refractivity contribution in [3.63, 3.8) is 0 Å². The minimum Gasteiger partial charge on any atom is -0.354 e. The molecule has 0 bridgehead atoms. The van der Waals surface area contributed by atoms with Gasteiger partial charge in [0.25, 0.3) is 10.0 Å². The summed E-state index contributed by atoms with van der Waals surface area (Å²) in [6.45, 7) is 9.93. The van der Waals surface area contributed by atoms with Crippen molar-refractivity contribution in [3.05, 3.63) is 95.6 Å². The first-order valence-corrected chi connectivity index (χ1v) is 12.0. The van der Waals surface area contributed by atoms with Gasteiger partial charge in [-0.25, -0.2) is 18.4 Å². The number of aromatic nitrogens is 2. The number of sulfonamides is 1. The minimum absolute atomic E-state index is 0.0628. The van der Waals surface area contributed by atoms with Gasteiger partial charge in [-0.2, -0.15) is 0 Å². The van der Waals surface area contributed by atoms with Gasteiger partial charge in [-0.15, -0.1) is 0 Å². The first-order chi connectivity index (χ1) is 15.4. The zero-order valence-corrected chi connectivity index (χ0v) is 18.8. The Morgan fingerprint density at radius 3 is 2.66 bits per heavy atom. The fraction of sp³-hybridized carbons (Fsp3) is 0.200. The molecule has 1 heterocycles. The van der Waals surface area contributed by atoms with Crippen molar-refractivity contribution >= 4 is 21.7 Å². The molecule has 0 saturated carbocycles. The Morgan fingerprint density at radius 1 is 1.19 bits per heavy atom. The number of fused-ring (bicyclic) bond motifs is 3. The van der Waals surface area contributed by atoms with Crippen LogP contribution in [0.2, 0.25) is 0 Å². The average molecular weight is 447 g/mol. The summed E-state index contributed by atoms with van der Waals surface area (Å²) in [5.74, 6) is 0.780. The highest BCUT2D eigenvalue weighted by molar-refractivity contribution is 7.96. The molecule has 164 valence electrons. The van der Waals surface area contributed by atoms with E-state index in [0.29, 0.717) is 11.6 Å². The number of nitrogens with zero attached hydrogens (tertiary/aromatic N) is 2. The van der Waals surface area contributed by atoms with Crippen LogP contribution in [-0.2, 0) is 16.4 Å². The van der Waals surface area contributed by atoms with E-state index in [-0.39, 0.29) is 10.8 Å². The summed E-state index contributed by atoms with van der Waals surface area (Å²) in [6.07, 6.45) is 4.91. The van der Waals surface area contributed by atoms with Crippen LogP contribution in [0, 0.1) is 0 Å². The summed E-state index contributed by atoms with van der Waals surface area (Å²) in [5, 5.41) is 3.26. The van der Waals surface area contributed by atoms with E-state index in [9.17, 15) is 8.42 Å². The smallest absolute Gasteiger partial charge is 0.261 e. The molecule has 1 aromatic heterocycles. The summed E-state index contributed by atoms with van der Waals surface area (Å²) < 4.78 is 27.0. The highest BCUT2D eigenvalue weighted by Gasteiger charge is 2.27. The molecule has 3 aromatic rings. The standard InChI is InChI=1S/C25H26N4O2S/c1-4-14-26-25-27-16-19-15-23(21-8-6-7-9-22(21)24(19)28-25)18-10-12-20(13-11-18)29-32(30,31)17(3)5-2/h5-13,16,23,29H,2-4,14-15H2,1H3,(H,26,27,28). The molecule has 0 spiro atoms. The monoisotopic (exact) mass is 446 g/mol. The van der Waals surface area contributed by atoms with E-state index in [1.54, 1.807) is 12.1 Å². The van der Waals surface area contributed by atoms with Gasteiger partial charge in [-0.3, -0.25) is 4.72 Å². The van der Waals surface area contributed by atoms with E-state index in [2.05, 4.69) is 47.2 Å². The van der Waals surface area contributed by atoms with Crippen molar-refractivity contribution in [2.24, 2.45) is 0 Å². The number of hydrogen-bond donors (Lipinski definition) is 2. The molecular formula is C25H26N4O2S. The summed E-state index contributed by atoms with van der Waals surface area (Å²) in [7, 11) is -3.69. The molecule has 1 aliphatic carbocycles. The number of rotatable bonds is 8. The maximum absolute atomic E-state index is 12.2. The zero-order chi connectivity index (χ0) is 22.7. The zero-order valence-electron chi connectivity index (χ0n) is 18.0. The van der Waals surface area contributed by atoms with Gasteiger partial charge >= 0.3 is 0 Å². The van der Waals surface area contributed by atoms with Crippen molar-refractivity contribution < 1.29 is 8.42 Å². The average Bonchev–Trinajstić information content (AvgIpc) is 2.82. The van der Waals surface area contributed by atoms with E-state index in [1.807, 2.05) is 30.5 Å². The van der Waals surface area contributed by atoms with E-state index in [4.69, 9.17) is 4.98 Å². The Kier molecular flexibility index (Phi) is 6.10. The molecule has 2 N–H and O–H groups in total. The fourth-order valence-electron chi connectivity index (χ4n) is 3.87. The number of anilines is 2.